The minimum atomic E-state index is -1.04. The molecule has 0 aromatic carbocycles. The molecule has 2 N–H and O–H groups in total. The van der Waals surface area contributed by atoms with Crippen LogP contribution < -0.4 is 0 Å². The number of cyclic esters (lactones) is 1. The van der Waals surface area contributed by atoms with Crippen molar-refractivity contribution in [1.29, 1.82) is 0 Å². The van der Waals surface area contributed by atoms with E-state index in [4.69, 9.17) is 23.9 Å². The van der Waals surface area contributed by atoms with E-state index in [1.165, 1.54) is 22.4 Å². The van der Waals surface area contributed by atoms with Crippen LogP contribution in [0.4, 0.5) is 0 Å². The van der Waals surface area contributed by atoms with Crippen molar-refractivity contribution in [2.45, 2.75) is 167 Å². The molecule has 3 saturated heterocycles. The molecule has 1 aliphatic carbocycles. The lowest BCUT2D eigenvalue weighted by Gasteiger charge is -2.47. The SMILES string of the molecule is C=C1CCCC2=NC[C@H](C)[C@@H](C)C[C@@]23CCC([C@H]2C=C(C)C(=O)O2)=C(C)[C@H]3/C=C(/C)[C@H](O)C[C@H]2CC[C@]3(CC[C@]4(O[C@@H](CC[C@H]4O)C1)O3)O2. The summed E-state index contributed by atoms with van der Waals surface area (Å²) in [5.41, 5.74) is 6.34. The van der Waals surface area contributed by atoms with Crippen LogP contribution in [0.25, 0.3) is 0 Å². The van der Waals surface area contributed by atoms with Gasteiger partial charge in [-0.15, -0.1) is 0 Å². The van der Waals surface area contributed by atoms with Crippen LogP contribution >= 0.6 is 0 Å². The molecule has 49 heavy (non-hydrogen) atoms. The Labute approximate surface area is 293 Å². The van der Waals surface area contributed by atoms with Gasteiger partial charge in [0.1, 0.15) is 12.2 Å². The summed E-state index contributed by atoms with van der Waals surface area (Å²) < 4.78 is 25.8. The number of aliphatic hydroxyl groups excluding tert-OH is 2. The van der Waals surface area contributed by atoms with Crippen molar-refractivity contribution in [2.75, 3.05) is 6.54 Å². The summed E-state index contributed by atoms with van der Waals surface area (Å²) in [4.78, 5) is 17.9. The van der Waals surface area contributed by atoms with Crippen LogP contribution in [0.5, 0.6) is 0 Å². The molecular weight excluding hydrogens is 618 g/mol. The average molecular weight is 678 g/mol. The Kier molecular flexibility index (Phi) is 9.70. The molecule has 0 aromatic heterocycles. The zero-order chi connectivity index (χ0) is 34.7. The minimum absolute atomic E-state index is 0.0266. The number of hydrogen-bond donors (Lipinski definition) is 2. The fourth-order valence-corrected chi connectivity index (χ4v) is 10.2. The van der Waals surface area contributed by atoms with E-state index in [1.54, 1.807) is 0 Å². The molecule has 0 saturated carbocycles. The van der Waals surface area contributed by atoms with Crippen LogP contribution in [-0.4, -0.2) is 70.5 Å². The number of nitrogens with zero attached hydrogens (tertiary/aromatic N) is 1. The van der Waals surface area contributed by atoms with Gasteiger partial charge in [0, 0.05) is 54.8 Å². The highest BCUT2D eigenvalue weighted by Crippen LogP contribution is 2.55. The first-order chi connectivity index (χ1) is 23.3. The monoisotopic (exact) mass is 677 g/mol. The first-order valence-corrected chi connectivity index (χ1v) is 19.2. The number of esters is 1. The van der Waals surface area contributed by atoms with Gasteiger partial charge in [0.2, 0.25) is 0 Å². The molecule has 0 radical (unpaired) electrons. The van der Waals surface area contributed by atoms with E-state index in [1.807, 2.05) is 13.0 Å². The minimum Gasteiger partial charge on any atom is -0.450 e. The first kappa shape index (κ1) is 35.3. The Morgan fingerprint density at radius 2 is 1.73 bits per heavy atom. The standard InChI is InChI=1S/C41H59NO7/c1-24-8-7-9-36-39(22-27(4)28(5)23-42-36)14-13-32(35-20-26(3)38(45)46-35)29(6)33(39)19-25(2)34(43)21-31-12-15-40(47-31)16-17-41(49-40)37(44)11-10-30(18-24)48-41/h19-20,27-28,30-31,33-35,37,43-44H,1,7-18,21-23H2,2-6H3/b25-19-/t27-,28-,30-,31+,33+,34+,35+,37+,39+,40-,41-/m0/s1. The molecule has 270 valence electrons. The summed E-state index contributed by atoms with van der Waals surface area (Å²) >= 11 is 0. The van der Waals surface area contributed by atoms with Crippen molar-refractivity contribution in [2.24, 2.45) is 28.2 Å². The third kappa shape index (κ3) is 6.59. The average Bonchev–Trinajstić information content (AvgIpc) is 3.71. The van der Waals surface area contributed by atoms with E-state index in [2.05, 4.69) is 40.3 Å². The van der Waals surface area contributed by atoms with Crippen molar-refractivity contribution in [3.05, 3.63) is 46.6 Å². The molecule has 3 spiro atoms. The van der Waals surface area contributed by atoms with Gasteiger partial charge in [-0.1, -0.05) is 37.6 Å². The smallest absolute Gasteiger partial charge is 0.334 e. The maximum Gasteiger partial charge on any atom is 0.334 e. The number of carbonyl (C=O) groups excluding carboxylic acids is 1. The van der Waals surface area contributed by atoms with E-state index in [0.717, 1.165) is 76.3 Å². The lowest BCUT2D eigenvalue weighted by Crippen LogP contribution is -2.52. The van der Waals surface area contributed by atoms with Crippen LogP contribution in [0.15, 0.2) is 51.6 Å². The summed E-state index contributed by atoms with van der Waals surface area (Å²) in [5.74, 6) is -1.06. The van der Waals surface area contributed by atoms with Crippen LogP contribution in [-0.2, 0) is 23.7 Å². The fourth-order valence-electron chi connectivity index (χ4n) is 10.2. The lowest BCUT2D eigenvalue weighted by atomic mass is 9.56. The number of fused-ring (bicyclic) bond motifs is 2. The molecule has 6 heterocycles. The van der Waals surface area contributed by atoms with E-state index in [0.29, 0.717) is 43.1 Å². The van der Waals surface area contributed by atoms with Crippen LogP contribution in [0.3, 0.4) is 0 Å². The second kappa shape index (κ2) is 13.5. The second-order valence-electron chi connectivity index (χ2n) is 16.9. The predicted octanol–water partition coefficient (Wildman–Crippen LogP) is 7.44. The maximum atomic E-state index is 12.5. The third-order valence-electron chi connectivity index (χ3n) is 13.5. The predicted molar refractivity (Wildman–Crippen MR) is 189 cm³/mol. The Morgan fingerprint density at radius 1 is 0.918 bits per heavy atom. The highest BCUT2D eigenvalue weighted by atomic mass is 16.8. The number of hydrogen-bond acceptors (Lipinski definition) is 8. The normalized spacial score (nSPS) is 46.2. The molecule has 7 aliphatic rings. The summed E-state index contributed by atoms with van der Waals surface area (Å²) in [7, 11) is 0. The van der Waals surface area contributed by atoms with Crippen LogP contribution in [0.2, 0.25) is 0 Å². The Bertz CT molecular complexity index is 1460. The molecule has 7 rings (SSSR count). The topological polar surface area (TPSA) is 107 Å². The number of allylic oxidation sites excluding steroid dienone is 2. The van der Waals surface area contributed by atoms with Crippen molar-refractivity contribution in [3.8, 4) is 0 Å². The molecule has 4 bridgehead atoms. The number of aliphatic imine (C=N–C) groups is 1. The maximum absolute atomic E-state index is 12.5. The van der Waals surface area contributed by atoms with E-state index in [9.17, 15) is 15.0 Å². The van der Waals surface area contributed by atoms with Crippen molar-refractivity contribution < 1.29 is 34.0 Å². The number of carbonyl (C=O) groups is 1. The number of rotatable bonds is 1. The number of ether oxygens (including phenoxy) is 4. The van der Waals surface area contributed by atoms with Gasteiger partial charge in [0.15, 0.2) is 11.6 Å². The Morgan fingerprint density at radius 3 is 2.51 bits per heavy atom. The van der Waals surface area contributed by atoms with Gasteiger partial charge >= 0.3 is 5.97 Å². The molecule has 6 aliphatic heterocycles. The van der Waals surface area contributed by atoms with Gasteiger partial charge in [-0.05, 0) is 114 Å². The molecule has 0 unspecified atom stereocenters. The second-order valence-corrected chi connectivity index (χ2v) is 16.9. The van der Waals surface area contributed by atoms with Crippen molar-refractivity contribution in [3.63, 3.8) is 0 Å². The lowest BCUT2D eigenvalue weighted by molar-refractivity contribution is -0.363. The summed E-state index contributed by atoms with van der Waals surface area (Å²) in [6.45, 7) is 16.2. The Balaban J connectivity index is 1.26. The highest BCUT2D eigenvalue weighted by Gasteiger charge is 2.59. The van der Waals surface area contributed by atoms with Crippen LogP contribution in [0, 0.1) is 23.2 Å². The van der Waals surface area contributed by atoms with Gasteiger partial charge in [-0.25, -0.2) is 4.79 Å². The van der Waals surface area contributed by atoms with Gasteiger partial charge in [-0.2, -0.15) is 0 Å². The zero-order valence-electron chi connectivity index (χ0n) is 30.5. The van der Waals surface area contributed by atoms with Gasteiger partial charge in [0.25, 0.3) is 0 Å². The summed E-state index contributed by atoms with van der Waals surface area (Å²) in [5, 5.41) is 22.9. The molecule has 0 amide bonds. The van der Waals surface area contributed by atoms with E-state index < -0.39 is 23.8 Å². The van der Waals surface area contributed by atoms with Gasteiger partial charge < -0.3 is 29.2 Å². The van der Waals surface area contributed by atoms with E-state index in [-0.39, 0.29) is 35.6 Å². The number of aliphatic hydroxyl groups is 2. The van der Waals surface area contributed by atoms with Crippen molar-refractivity contribution >= 4 is 11.7 Å². The molecule has 3 fully saturated rings. The van der Waals surface area contributed by atoms with Gasteiger partial charge in [0.05, 0.1) is 18.3 Å². The van der Waals surface area contributed by atoms with Crippen molar-refractivity contribution in [1.82, 2.24) is 0 Å². The summed E-state index contributed by atoms with van der Waals surface area (Å²) in [6.07, 6.45) is 13.5. The zero-order valence-corrected chi connectivity index (χ0v) is 30.5. The molecule has 11 atom stereocenters. The van der Waals surface area contributed by atoms with E-state index >= 15 is 0 Å². The highest BCUT2D eigenvalue weighted by molar-refractivity contribution is 5.92. The fraction of sp³-hybridized carbons (Fsp3) is 0.756. The third-order valence-corrected chi connectivity index (χ3v) is 13.5. The molecule has 8 nitrogen and oxygen atoms in total. The quantitative estimate of drug-likeness (QED) is 0.220. The summed E-state index contributed by atoms with van der Waals surface area (Å²) in [6, 6.07) is 0. The molecule has 8 heteroatoms. The molecule has 0 aromatic rings. The molecular formula is C41H59NO7. The first-order valence-electron chi connectivity index (χ1n) is 19.2. The Hall–Kier alpha value is -2.10. The van der Waals surface area contributed by atoms with Gasteiger partial charge in [-0.3, -0.25) is 4.99 Å². The van der Waals surface area contributed by atoms with Crippen LogP contribution in [0.1, 0.15) is 125 Å². The largest absolute Gasteiger partial charge is 0.450 e.